The van der Waals surface area contributed by atoms with Gasteiger partial charge in [0, 0.05) is 11.1 Å². The highest BCUT2D eigenvalue weighted by Gasteiger charge is 2.09. The van der Waals surface area contributed by atoms with Crippen LogP contribution in [0.3, 0.4) is 0 Å². The summed E-state index contributed by atoms with van der Waals surface area (Å²) in [5.41, 5.74) is 8.84. The van der Waals surface area contributed by atoms with Crippen LogP contribution in [0.15, 0.2) is 36.4 Å². The normalized spacial score (nSPS) is 10.3. The topological polar surface area (TPSA) is 35.2 Å². The lowest BCUT2D eigenvalue weighted by Gasteiger charge is -2.14. The molecule has 0 amide bonds. The summed E-state index contributed by atoms with van der Waals surface area (Å²) in [6.45, 7) is 4.04. The van der Waals surface area contributed by atoms with Gasteiger partial charge in [-0.2, -0.15) is 0 Å². The predicted octanol–water partition coefficient (Wildman–Crippen LogP) is 3.66. The van der Waals surface area contributed by atoms with Crippen molar-refractivity contribution in [3.05, 3.63) is 64.5 Å². The number of hydrogen-bond acceptors (Lipinski definition) is 2. The van der Waals surface area contributed by atoms with Crippen LogP contribution >= 0.6 is 12.2 Å². The van der Waals surface area contributed by atoms with E-state index >= 15 is 0 Å². The number of benzene rings is 2. The van der Waals surface area contributed by atoms with Crippen LogP contribution < -0.4 is 10.5 Å². The Balaban J connectivity index is 2.22. The Bertz CT molecular complexity index is 632. The Morgan fingerprint density at radius 1 is 1.20 bits per heavy atom. The molecule has 0 aliphatic rings. The van der Waals surface area contributed by atoms with Crippen molar-refractivity contribution in [1.29, 1.82) is 0 Å². The molecule has 2 aromatic carbocycles. The van der Waals surface area contributed by atoms with Crippen LogP contribution in [0, 0.1) is 19.7 Å². The first-order valence-electron chi connectivity index (χ1n) is 6.26. The van der Waals surface area contributed by atoms with Crippen molar-refractivity contribution < 1.29 is 9.13 Å². The molecule has 2 nitrogen and oxygen atoms in total. The van der Waals surface area contributed by atoms with Gasteiger partial charge in [-0.3, -0.25) is 0 Å². The SMILES string of the molecule is Cc1cc(C(N)=S)cc(C)c1OCc1ccccc1F. The van der Waals surface area contributed by atoms with E-state index in [0.29, 0.717) is 10.6 Å². The third-order valence-corrected chi connectivity index (χ3v) is 3.31. The third-order valence-electron chi connectivity index (χ3n) is 3.07. The predicted molar refractivity (Wildman–Crippen MR) is 82.5 cm³/mol. The molecular formula is C16H16FNOS. The molecule has 0 unspecified atom stereocenters. The molecule has 0 heterocycles. The summed E-state index contributed by atoms with van der Waals surface area (Å²) in [7, 11) is 0. The maximum Gasteiger partial charge on any atom is 0.129 e. The summed E-state index contributed by atoms with van der Waals surface area (Å²) in [5.74, 6) is 0.482. The Morgan fingerprint density at radius 2 is 1.80 bits per heavy atom. The number of ether oxygens (including phenoxy) is 1. The molecule has 20 heavy (non-hydrogen) atoms. The molecule has 0 radical (unpaired) electrons. The average Bonchev–Trinajstić information content (AvgIpc) is 2.39. The Labute approximate surface area is 123 Å². The van der Waals surface area contributed by atoms with Crippen molar-refractivity contribution in [3.8, 4) is 5.75 Å². The Hall–Kier alpha value is -1.94. The van der Waals surface area contributed by atoms with Gasteiger partial charge >= 0.3 is 0 Å². The summed E-state index contributed by atoms with van der Waals surface area (Å²) in [5, 5.41) is 0. The molecule has 2 aromatic rings. The Kier molecular flexibility index (Phi) is 4.35. The van der Waals surface area contributed by atoms with E-state index in [4.69, 9.17) is 22.7 Å². The minimum atomic E-state index is -0.262. The lowest BCUT2D eigenvalue weighted by molar-refractivity contribution is 0.296. The van der Waals surface area contributed by atoms with E-state index in [1.54, 1.807) is 18.2 Å². The van der Waals surface area contributed by atoms with E-state index in [9.17, 15) is 4.39 Å². The van der Waals surface area contributed by atoms with Gasteiger partial charge in [0.05, 0.1) is 0 Å². The molecular weight excluding hydrogens is 273 g/mol. The molecule has 0 spiro atoms. The fraction of sp³-hybridized carbons (Fsp3) is 0.188. The van der Waals surface area contributed by atoms with E-state index in [2.05, 4.69) is 0 Å². The second-order valence-corrected chi connectivity index (χ2v) is 5.12. The van der Waals surface area contributed by atoms with Crippen molar-refractivity contribution in [2.75, 3.05) is 0 Å². The van der Waals surface area contributed by atoms with Crippen molar-refractivity contribution in [2.45, 2.75) is 20.5 Å². The van der Waals surface area contributed by atoms with E-state index in [0.717, 1.165) is 22.4 Å². The van der Waals surface area contributed by atoms with Crippen LogP contribution in [-0.4, -0.2) is 4.99 Å². The average molecular weight is 289 g/mol. The zero-order chi connectivity index (χ0) is 14.7. The first kappa shape index (κ1) is 14.5. The standard InChI is InChI=1S/C16H16FNOS/c1-10-7-13(16(18)20)8-11(2)15(10)19-9-12-5-3-4-6-14(12)17/h3-8H,9H2,1-2H3,(H2,18,20). The van der Waals surface area contributed by atoms with Gasteiger partial charge in [-0.25, -0.2) is 4.39 Å². The number of hydrogen-bond donors (Lipinski definition) is 1. The van der Waals surface area contributed by atoms with Gasteiger partial charge in [-0.15, -0.1) is 0 Å². The maximum absolute atomic E-state index is 13.5. The van der Waals surface area contributed by atoms with Crippen molar-refractivity contribution >= 4 is 17.2 Å². The molecule has 2 rings (SSSR count). The van der Waals surface area contributed by atoms with E-state index in [1.807, 2.05) is 26.0 Å². The number of halogens is 1. The quantitative estimate of drug-likeness (QED) is 0.873. The summed E-state index contributed by atoms with van der Waals surface area (Å²) in [6.07, 6.45) is 0. The molecule has 0 aliphatic carbocycles. The molecule has 4 heteroatoms. The second-order valence-electron chi connectivity index (χ2n) is 4.68. The number of thiocarbonyl (C=S) groups is 1. The summed E-state index contributed by atoms with van der Waals surface area (Å²) < 4.78 is 19.3. The third kappa shape index (κ3) is 3.14. The van der Waals surface area contributed by atoms with E-state index < -0.39 is 0 Å². The van der Waals surface area contributed by atoms with Gasteiger partial charge in [-0.1, -0.05) is 30.4 Å². The molecule has 0 saturated carbocycles. The van der Waals surface area contributed by atoms with Crippen molar-refractivity contribution in [3.63, 3.8) is 0 Å². The van der Waals surface area contributed by atoms with Crippen molar-refractivity contribution in [1.82, 2.24) is 0 Å². The highest BCUT2D eigenvalue weighted by molar-refractivity contribution is 7.80. The minimum absolute atomic E-state index is 0.195. The van der Waals surface area contributed by atoms with Gasteiger partial charge in [0.2, 0.25) is 0 Å². The van der Waals surface area contributed by atoms with Gasteiger partial charge in [0.15, 0.2) is 0 Å². The lowest BCUT2D eigenvalue weighted by atomic mass is 10.1. The van der Waals surface area contributed by atoms with E-state index in [-0.39, 0.29) is 12.4 Å². The largest absolute Gasteiger partial charge is 0.488 e. The van der Waals surface area contributed by atoms with Crippen LogP contribution in [-0.2, 0) is 6.61 Å². The zero-order valence-corrected chi connectivity index (χ0v) is 12.3. The highest BCUT2D eigenvalue weighted by Crippen LogP contribution is 2.26. The lowest BCUT2D eigenvalue weighted by Crippen LogP contribution is -2.10. The minimum Gasteiger partial charge on any atom is -0.488 e. The van der Waals surface area contributed by atoms with Crippen LogP contribution in [0.25, 0.3) is 0 Å². The molecule has 0 atom stereocenters. The summed E-state index contributed by atoms with van der Waals surface area (Å²) in [4.78, 5) is 0.358. The van der Waals surface area contributed by atoms with E-state index in [1.165, 1.54) is 6.07 Å². The van der Waals surface area contributed by atoms with Crippen LogP contribution in [0.2, 0.25) is 0 Å². The smallest absolute Gasteiger partial charge is 0.129 e. The van der Waals surface area contributed by atoms with Gasteiger partial charge in [0.1, 0.15) is 23.2 Å². The molecule has 2 N–H and O–H groups in total. The molecule has 0 bridgehead atoms. The molecule has 104 valence electrons. The fourth-order valence-corrected chi connectivity index (χ4v) is 2.20. The van der Waals surface area contributed by atoms with Gasteiger partial charge in [-0.05, 0) is 43.2 Å². The zero-order valence-electron chi connectivity index (χ0n) is 11.4. The number of rotatable bonds is 4. The van der Waals surface area contributed by atoms with Crippen LogP contribution in [0.5, 0.6) is 5.75 Å². The number of aryl methyl sites for hydroxylation is 2. The summed E-state index contributed by atoms with van der Waals surface area (Å²) in [6, 6.07) is 10.3. The van der Waals surface area contributed by atoms with Crippen LogP contribution in [0.1, 0.15) is 22.3 Å². The maximum atomic E-state index is 13.5. The number of nitrogens with two attached hydrogens (primary N) is 1. The molecule has 0 fully saturated rings. The van der Waals surface area contributed by atoms with Gasteiger partial charge < -0.3 is 10.5 Å². The first-order chi connectivity index (χ1) is 9.49. The Morgan fingerprint density at radius 3 is 2.35 bits per heavy atom. The summed E-state index contributed by atoms with van der Waals surface area (Å²) >= 11 is 4.97. The van der Waals surface area contributed by atoms with Crippen molar-refractivity contribution in [2.24, 2.45) is 5.73 Å². The highest BCUT2D eigenvalue weighted by atomic mass is 32.1. The second kappa shape index (κ2) is 6.01. The first-order valence-corrected chi connectivity index (χ1v) is 6.67. The van der Waals surface area contributed by atoms with Gasteiger partial charge in [0.25, 0.3) is 0 Å². The molecule has 0 aliphatic heterocycles. The van der Waals surface area contributed by atoms with Crippen LogP contribution in [0.4, 0.5) is 4.39 Å². The fourth-order valence-electron chi connectivity index (χ4n) is 2.09. The molecule has 0 saturated heterocycles. The monoisotopic (exact) mass is 289 g/mol. The molecule has 0 aromatic heterocycles.